The average Bonchev–Trinajstić information content (AvgIpc) is 3.94. The van der Waals surface area contributed by atoms with Crippen molar-refractivity contribution >= 4 is 43.6 Å². The van der Waals surface area contributed by atoms with Gasteiger partial charge in [0, 0.05) is 32.9 Å². The van der Waals surface area contributed by atoms with E-state index >= 15 is 0 Å². The summed E-state index contributed by atoms with van der Waals surface area (Å²) in [6.07, 6.45) is 0. The molecule has 2 heterocycles. The van der Waals surface area contributed by atoms with Gasteiger partial charge >= 0.3 is 0 Å². The van der Waals surface area contributed by atoms with Crippen LogP contribution in [0.15, 0.2) is 267 Å². The van der Waals surface area contributed by atoms with Crippen molar-refractivity contribution in [3.05, 3.63) is 267 Å². The fourth-order valence-electron chi connectivity index (χ4n) is 10.4. The molecule has 0 aliphatic heterocycles. The van der Waals surface area contributed by atoms with Crippen LogP contribution in [0, 0.1) is 0 Å². The van der Waals surface area contributed by atoms with Gasteiger partial charge in [0.25, 0.3) is 0 Å². The SMILES string of the molecule is c1ccc(-c2cc(-c3ccccc3)cc(-c3ccc(-c4ccc(-c5ccc(-n6c7ccccc7c7ccccc76)cc5)c(-c5ccc(-n6c7ccccc7c7ccccc76)cc5)c4)cc3)c2)cc1. The highest BCUT2D eigenvalue weighted by Crippen LogP contribution is 2.40. The number of rotatable bonds is 8. The summed E-state index contributed by atoms with van der Waals surface area (Å²) in [4.78, 5) is 0. The van der Waals surface area contributed by atoms with E-state index in [-0.39, 0.29) is 0 Å². The Kier molecular flexibility index (Phi) is 9.54. The topological polar surface area (TPSA) is 9.86 Å². The molecule has 0 atom stereocenters. The van der Waals surface area contributed by atoms with Gasteiger partial charge < -0.3 is 9.13 Å². The number of benzene rings is 11. The maximum Gasteiger partial charge on any atom is 0.0541 e. The lowest BCUT2D eigenvalue weighted by molar-refractivity contribution is 1.18. The van der Waals surface area contributed by atoms with E-state index in [4.69, 9.17) is 0 Å². The molecule has 0 radical (unpaired) electrons. The fraction of sp³-hybridized carbons (Fsp3) is 0. The van der Waals surface area contributed by atoms with E-state index in [9.17, 15) is 0 Å². The van der Waals surface area contributed by atoms with Crippen LogP contribution in [0.25, 0.3) is 122 Å². The van der Waals surface area contributed by atoms with Crippen LogP contribution >= 0.6 is 0 Å². The molecule has 0 bridgehead atoms. The zero-order chi connectivity index (χ0) is 45.0. The lowest BCUT2D eigenvalue weighted by Gasteiger charge is -2.16. The van der Waals surface area contributed by atoms with Crippen LogP contribution < -0.4 is 0 Å². The van der Waals surface area contributed by atoms with Crippen molar-refractivity contribution in [2.45, 2.75) is 0 Å². The van der Waals surface area contributed by atoms with Gasteiger partial charge in [-0.05, 0) is 140 Å². The summed E-state index contributed by atoms with van der Waals surface area (Å²) in [7, 11) is 0. The summed E-state index contributed by atoms with van der Waals surface area (Å²) in [5.41, 5.74) is 21.4. The predicted octanol–water partition coefficient (Wildman–Crippen LogP) is 17.9. The maximum absolute atomic E-state index is 2.39. The van der Waals surface area contributed by atoms with Crippen molar-refractivity contribution in [2.75, 3.05) is 0 Å². The van der Waals surface area contributed by atoms with Gasteiger partial charge in [-0.2, -0.15) is 0 Å². The first kappa shape index (κ1) is 39.4. The largest absolute Gasteiger partial charge is 0.309 e. The third kappa shape index (κ3) is 6.82. The summed E-state index contributed by atoms with van der Waals surface area (Å²) >= 11 is 0. The molecule has 0 aliphatic carbocycles. The number of nitrogens with zero attached hydrogens (tertiary/aromatic N) is 2. The Balaban J connectivity index is 0.910. The van der Waals surface area contributed by atoms with E-state index in [0.717, 1.165) is 11.4 Å². The third-order valence-electron chi connectivity index (χ3n) is 13.8. The van der Waals surface area contributed by atoms with E-state index in [1.807, 2.05) is 0 Å². The quantitative estimate of drug-likeness (QED) is 0.144. The summed E-state index contributed by atoms with van der Waals surface area (Å²) < 4.78 is 4.77. The monoisotopic (exact) mass is 864 g/mol. The van der Waals surface area contributed by atoms with E-state index in [1.54, 1.807) is 0 Å². The molecule has 0 amide bonds. The van der Waals surface area contributed by atoms with Crippen LogP contribution in [-0.2, 0) is 0 Å². The average molecular weight is 865 g/mol. The van der Waals surface area contributed by atoms with Crippen molar-refractivity contribution < 1.29 is 0 Å². The first-order chi connectivity index (χ1) is 33.7. The highest BCUT2D eigenvalue weighted by molar-refractivity contribution is 6.10. The van der Waals surface area contributed by atoms with Crippen LogP contribution in [0.1, 0.15) is 0 Å². The molecule has 2 heteroatoms. The van der Waals surface area contributed by atoms with Gasteiger partial charge in [0.05, 0.1) is 22.1 Å². The Hall–Kier alpha value is -8.98. The fourth-order valence-corrected chi connectivity index (χ4v) is 10.4. The molecule has 13 rings (SSSR count). The Morgan fingerprint density at radius 2 is 0.471 bits per heavy atom. The van der Waals surface area contributed by atoms with E-state index in [0.29, 0.717) is 0 Å². The van der Waals surface area contributed by atoms with Crippen LogP contribution in [0.3, 0.4) is 0 Å². The molecule has 0 fully saturated rings. The van der Waals surface area contributed by atoms with Gasteiger partial charge in [0.1, 0.15) is 0 Å². The molecule has 0 unspecified atom stereocenters. The van der Waals surface area contributed by atoms with Crippen molar-refractivity contribution in [2.24, 2.45) is 0 Å². The third-order valence-corrected chi connectivity index (χ3v) is 13.8. The molecule has 0 saturated heterocycles. The van der Waals surface area contributed by atoms with Crippen molar-refractivity contribution in [3.63, 3.8) is 0 Å². The highest BCUT2D eigenvalue weighted by atomic mass is 15.0. The maximum atomic E-state index is 2.39. The Labute approximate surface area is 395 Å². The molecule has 318 valence electrons. The number of hydrogen-bond acceptors (Lipinski definition) is 0. The second-order valence-corrected chi connectivity index (χ2v) is 17.7. The minimum Gasteiger partial charge on any atom is -0.309 e. The molecular weight excluding hydrogens is 821 g/mol. The molecular formula is C66H44N2. The molecule has 0 saturated carbocycles. The lowest BCUT2D eigenvalue weighted by Crippen LogP contribution is -1.95. The molecule has 0 aliphatic rings. The Morgan fingerprint density at radius 1 is 0.176 bits per heavy atom. The molecule has 11 aromatic carbocycles. The zero-order valence-electron chi connectivity index (χ0n) is 37.3. The van der Waals surface area contributed by atoms with Crippen molar-refractivity contribution in [1.29, 1.82) is 0 Å². The second kappa shape index (κ2) is 16.5. The summed E-state index contributed by atoms with van der Waals surface area (Å²) in [5.74, 6) is 0. The molecule has 13 aromatic rings. The molecule has 2 aromatic heterocycles. The van der Waals surface area contributed by atoms with Crippen LogP contribution in [0.4, 0.5) is 0 Å². The van der Waals surface area contributed by atoms with Crippen molar-refractivity contribution in [1.82, 2.24) is 9.13 Å². The van der Waals surface area contributed by atoms with Gasteiger partial charge in [-0.25, -0.2) is 0 Å². The van der Waals surface area contributed by atoms with Gasteiger partial charge in [-0.3, -0.25) is 0 Å². The van der Waals surface area contributed by atoms with Gasteiger partial charge in [-0.15, -0.1) is 0 Å². The number of hydrogen-bond donors (Lipinski definition) is 0. The normalized spacial score (nSPS) is 11.5. The number of aromatic nitrogens is 2. The van der Waals surface area contributed by atoms with E-state index in [2.05, 4.69) is 276 Å². The number of para-hydroxylation sites is 4. The van der Waals surface area contributed by atoms with E-state index < -0.39 is 0 Å². The molecule has 2 nitrogen and oxygen atoms in total. The van der Waals surface area contributed by atoms with Crippen LogP contribution in [0.2, 0.25) is 0 Å². The highest BCUT2D eigenvalue weighted by Gasteiger charge is 2.16. The Bertz CT molecular complexity index is 3800. The van der Waals surface area contributed by atoms with Crippen molar-refractivity contribution in [3.8, 4) is 78.1 Å². The zero-order valence-corrected chi connectivity index (χ0v) is 37.3. The van der Waals surface area contributed by atoms with Gasteiger partial charge in [0.15, 0.2) is 0 Å². The van der Waals surface area contributed by atoms with E-state index in [1.165, 1.54) is 110 Å². The summed E-state index contributed by atoms with van der Waals surface area (Å²) in [6, 6.07) is 97.4. The predicted molar refractivity (Wildman–Crippen MR) is 288 cm³/mol. The van der Waals surface area contributed by atoms with Crippen LogP contribution in [0.5, 0.6) is 0 Å². The minimum atomic E-state index is 1.14. The summed E-state index contributed by atoms with van der Waals surface area (Å²) in [6.45, 7) is 0. The minimum absolute atomic E-state index is 1.14. The van der Waals surface area contributed by atoms with Gasteiger partial charge in [0.2, 0.25) is 0 Å². The summed E-state index contributed by atoms with van der Waals surface area (Å²) in [5, 5.41) is 5.05. The molecule has 0 spiro atoms. The van der Waals surface area contributed by atoms with Gasteiger partial charge in [-0.1, -0.05) is 194 Å². The Morgan fingerprint density at radius 3 is 0.868 bits per heavy atom. The first-order valence-electron chi connectivity index (χ1n) is 23.4. The number of fused-ring (bicyclic) bond motifs is 6. The molecule has 68 heavy (non-hydrogen) atoms. The lowest BCUT2D eigenvalue weighted by atomic mass is 9.90. The standard InChI is InChI=1S/C66H44N2/c1-3-15-45(16-4-1)52-41-53(46-17-5-2-6-18-46)43-54(42-52)48-29-27-47(28-30-48)51-35-40-57(49-31-36-55(37-32-49)67-63-23-11-7-19-58(63)59-20-8-12-24-64(59)67)62(44-51)50-33-38-56(39-34-50)68-65-25-13-9-21-60(65)61-22-10-14-26-66(61)68/h1-44H. The molecule has 0 N–H and O–H groups in total. The first-order valence-corrected chi connectivity index (χ1v) is 23.4. The van der Waals surface area contributed by atoms with Crippen LogP contribution in [-0.4, -0.2) is 9.13 Å². The smallest absolute Gasteiger partial charge is 0.0541 e. The second-order valence-electron chi connectivity index (χ2n) is 17.7.